The number of imidazole rings is 1. The van der Waals surface area contributed by atoms with Gasteiger partial charge in [-0.3, -0.25) is 4.40 Å². The second-order valence-electron chi connectivity index (χ2n) is 9.91. The number of piperazine rings is 1. The summed E-state index contributed by atoms with van der Waals surface area (Å²) in [5.41, 5.74) is 3.69. The van der Waals surface area contributed by atoms with Gasteiger partial charge in [0.1, 0.15) is 17.5 Å². The van der Waals surface area contributed by atoms with Gasteiger partial charge in [-0.1, -0.05) is 0 Å². The third-order valence-electron chi connectivity index (χ3n) is 6.17. The van der Waals surface area contributed by atoms with Crippen molar-refractivity contribution < 1.29 is 14.3 Å². The minimum absolute atomic E-state index is 0.274. The molecule has 0 N–H and O–H groups in total. The van der Waals surface area contributed by atoms with Gasteiger partial charge in [-0.25, -0.2) is 24.7 Å². The molecule has 4 aromatic heterocycles. The van der Waals surface area contributed by atoms with Crippen LogP contribution in [-0.2, 0) is 4.74 Å². The van der Waals surface area contributed by atoms with Crippen molar-refractivity contribution in [2.24, 2.45) is 0 Å². The summed E-state index contributed by atoms with van der Waals surface area (Å²) in [6.45, 7) is 8.07. The predicted molar refractivity (Wildman–Crippen MR) is 141 cm³/mol. The molecule has 38 heavy (non-hydrogen) atoms. The Labute approximate surface area is 220 Å². The van der Waals surface area contributed by atoms with Gasteiger partial charge in [-0.15, -0.1) is 0 Å². The second-order valence-corrected chi connectivity index (χ2v) is 9.91. The molecule has 0 unspecified atom stereocenters. The van der Waals surface area contributed by atoms with Crippen LogP contribution in [0.5, 0.6) is 6.01 Å². The first kappa shape index (κ1) is 25.0. The summed E-state index contributed by atoms with van der Waals surface area (Å²) in [6, 6.07) is 8.23. The molecule has 1 aliphatic rings. The number of ether oxygens (including phenoxy) is 2. The van der Waals surface area contributed by atoms with Crippen molar-refractivity contribution in [2.45, 2.75) is 26.4 Å². The lowest BCUT2D eigenvalue weighted by atomic mass is 10.1. The molecule has 5 heterocycles. The van der Waals surface area contributed by atoms with Crippen LogP contribution in [0.3, 0.4) is 0 Å². The maximum absolute atomic E-state index is 12.4. The standard InChI is InChI=1S/C27H28N8O3/c1-27(2,3)38-26(36)34-9-7-33(8-10-34)23-6-5-18(13-29-23)22-16-30-24-19(12-28)11-20(17-35(22)24)21-14-31-25(37-4)32-15-21/h5-6,11,13-17H,7-10H2,1-4H3. The monoisotopic (exact) mass is 512 g/mol. The fourth-order valence-corrected chi connectivity index (χ4v) is 4.28. The van der Waals surface area contributed by atoms with Gasteiger partial charge < -0.3 is 19.3 Å². The molecule has 1 saturated heterocycles. The van der Waals surface area contributed by atoms with Crippen LogP contribution in [0.25, 0.3) is 28.0 Å². The van der Waals surface area contributed by atoms with E-state index in [4.69, 9.17) is 9.47 Å². The molecule has 194 valence electrons. The number of aromatic nitrogens is 5. The molecule has 5 rings (SSSR count). The Bertz CT molecular complexity index is 1490. The van der Waals surface area contributed by atoms with E-state index in [9.17, 15) is 10.1 Å². The van der Waals surface area contributed by atoms with Crippen LogP contribution in [0.2, 0.25) is 0 Å². The Morgan fingerprint density at radius 3 is 2.26 bits per heavy atom. The fourth-order valence-electron chi connectivity index (χ4n) is 4.28. The first-order chi connectivity index (χ1) is 18.3. The van der Waals surface area contributed by atoms with Gasteiger partial charge in [0.05, 0.1) is 24.6 Å². The molecule has 0 aliphatic carbocycles. The van der Waals surface area contributed by atoms with Crippen molar-refractivity contribution in [1.82, 2.24) is 29.2 Å². The molecule has 0 aromatic carbocycles. The molecular weight excluding hydrogens is 484 g/mol. The van der Waals surface area contributed by atoms with Crippen molar-refractivity contribution in [3.63, 3.8) is 0 Å². The molecule has 0 saturated carbocycles. The maximum atomic E-state index is 12.4. The van der Waals surface area contributed by atoms with Gasteiger partial charge in [-0.05, 0) is 39.0 Å². The molecule has 4 aromatic rings. The molecular formula is C27H28N8O3. The Morgan fingerprint density at radius 1 is 0.947 bits per heavy atom. The molecule has 0 spiro atoms. The number of pyridine rings is 2. The number of hydrogen-bond donors (Lipinski definition) is 0. The van der Waals surface area contributed by atoms with E-state index in [0.29, 0.717) is 37.4 Å². The van der Waals surface area contributed by atoms with Crippen molar-refractivity contribution in [3.05, 3.63) is 54.7 Å². The molecule has 1 fully saturated rings. The number of rotatable bonds is 4. The number of nitrogens with zero attached hydrogens (tertiary/aromatic N) is 8. The van der Waals surface area contributed by atoms with E-state index in [1.165, 1.54) is 7.11 Å². The predicted octanol–water partition coefficient (Wildman–Crippen LogP) is 3.79. The highest BCUT2D eigenvalue weighted by Gasteiger charge is 2.26. The number of carbonyl (C=O) groups excluding carboxylic acids is 1. The van der Waals surface area contributed by atoms with Gasteiger partial charge in [0.2, 0.25) is 0 Å². The summed E-state index contributed by atoms with van der Waals surface area (Å²) in [7, 11) is 1.51. The number of carbonyl (C=O) groups is 1. The number of amides is 1. The van der Waals surface area contributed by atoms with Crippen LogP contribution in [-0.4, -0.2) is 74.2 Å². The lowest BCUT2D eigenvalue weighted by Crippen LogP contribution is -2.50. The van der Waals surface area contributed by atoms with E-state index in [1.54, 1.807) is 35.8 Å². The highest BCUT2D eigenvalue weighted by atomic mass is 16.6. The van der Waals surface area contributed by atoms with Gasteiger partial charge >= 0.3 is 12.1 Å². The summed E-state index contributed by atoms with van der Waals surface area (Å²) in [5, 5.41) is 9.75. The van der Waals surface area contributed by atoms with Crippen molar-refractivity contribution >= 4 is 17.6 Å². The molecule has 11 heteroatoms. The normalized spacial score (nSPS) is 13.9. The zero-order valence-electron chi connectivity index (χ0n) is 21.7. The average molecular weight is 513 g/mol. The van der Waals surface area contributed by atoms with Crippen LogP contribution in [0, 0.1) is 11.3 Å². The van der Waals surface area contributed by atoms with Crippen LogP contribution in [0.15, 0.2) is 49.2 Å². The van der Waals surface area contributed by atoms with E-state index in [0.717, 1.165) is 28.2 Å². The van der Waals surface area contributed by atoms with E-state index in [1.807, 2.05) is 43.5 Å². The summed E-state index contributed by atoms with van der Waals surface area (Å²) in [6.07, 6.45) is 8.47. The summed E-state index contributed by atoms with van der Waals surface area (Å²) >= 11 is 0. The number of hydrogen-bond acceptors (Lipinski definition) is 9. The molecule has 1 aliphatic heterocycles. The van der Waals surface area contributed by atoms with Crippen LogP contribution in [0.1, 0.15) is 26.3 Å². The second kappa shape index (κ2) is 9.97. The maximum Gasteiger partial charge on any atom is 0.410 e. The van der Waals surface area contributed by atoms with Gasteiger partial charge in [0, 0.05) is 67.7 Å². The average Bonchev–Trinajstić information content (AvgIpc) is 3.36. The minimum Gasteiger partial charge on any atom is -0.467 e. The number of nitriles is 1. The first-order valence-electron chi connectivity index (χ1n) is 12.2. The van der Waals surface area contributed by atoms with Crippen LogP contribution in [0.4, 0.5) is 10.6 Å². The van der Waals surface area contributed by atoms with Crippen molar-refractivity contribution in [3.8, 4) is 34.5 Å². The Morgan fingerprint density at radius 2 is 1.66 bits per heavy atom. The third-order valence-corrected chi connectivity index (χ3v) is 6.17. The zero-order chi connectivity index (χ0) is 26.9. The Kier molecular flexibility index (Phi) is 6.55. The summed E-state index contributed by atoms with van der Waals surface area (Å²) in [4.78, 5) is 33.8. The van der Waals surface area contributed by atoms with E-state index < -0.39 is 5.60 Å². The molecule has 0 bridgehead atoms. The fraction of sp³-hybridized carbons (Fsp3) is 0.333. The van der Waals surface area contributed by atoms with E-state index >= 15 is 0 Å². The SMILES string of the molecule is COc1ncc(-c2cc(C#N)c3ncc(-c4ccc(N5CCN(C(=O)OC(C)(C)C)CC5)nc4)n3c2)cn1. The third kappa shape index (κ3) is 5.06. The lowest BCUT2D eigenvalue weighted by Gasteiger charge is -2.36. The minimum atomic E-state index is -0.513. The number of fused-ring (bicyclic) bond motifs is 1. The van der Waals surface area contributed by atoms with Crippen molar-refractivity contribution in [2.75, 3.05) is 38.2 Å². The van der Waals surface area contributed by atoms with E-state index in [-0.39, 0.29) is 12.1 Å². The topological polar surface area (TPSA) is 122 Å². The van der Waals surface area contributed by atoms with Crippen LogP contribution < -0.4 is 9.64 Å². The highest BCUT2D eigenvalue weighted by molar-refractivity contribution is 5.73. The number of anilines is 1. The Balaban J connectivity index is 1.36. The largest absolute Gasteiger partial charge is 0.467 e. The number of methoxy groups -OCH3 is 1. The Hall–Kier alpha value is -4.72. The molecule has 0 atom stereocenters. The molecule has 0 radical (unpaired) electrons. The highest BCUT2D eigenvalue weighted by Crippen LogP contribution is 2.28. The van der Waals surface area contributed by atoms with Gasteiger partial charge in [0.15, 0.2) is 5.65 Å². The zero-order valence-corrected chi connectivity index (χ0v) is 21.7. The first-order valence-corrected chi connectivity index (χ1v) is 12.2. The smallest absolute Gasteiger partial charge is 0.410 e. The lowest BCUT2D eigenvalue weighted by molar-refractivity contribution is 0.0240. The summed E-state index contributed by atoms with van der Waals surface area (Å²) < 4.78 is 12.4. The molecule has 1 amide bonds. The summed E-state index contributed by atoms with van der Waals surface area (Å²) in [5.74, 6) is 0.834. The quantitative estimate of drug-likeness (QED) is 0.402. The molecule has 11 nitrogen and oxygen atoms in total. The van der Waals surface area contributed by atoms with E-state index in [2.05, 4.69) is 30.9 Å². The van der Waals surface area contributed by atoms with Gasteiger partial charge in [0.25, 0.3) is 0 Å². The van der Waals surface area contributed by atoms with Gasteiger partial charge in [-0.2, -0.15) is 5.26 Å². The van der Waals surface area contributed by atoms with Crippen LogP contribution >= 0.6 is 0 Å². The van der Waals surface area contributed by atoms with Crippen molar-refractivity contribution in [1.29, 1.82) is 5.26 Å².